The Morgan fingerprint density at radius 2 is 2.07 bits per heavy atom. The van der Waals surface area contributed by atoms with E-state index in [2.05, 4.69) is 9.99 Å². The Labute approximate surface area is 82.8 Å². The summed E-state index contributed by atoms with van der Waals surface area (Å²) in [5, 5.41) is 3.65. The molecule has 0 N–H and O–H groups in total. The SMILES string of the molecule is CO/N=C(\C)N([C]=O)c1ccccc1. The molecule has 0 unspecified atom stereocenters. The van der Waals surface area contributed by atoms with E-state index in [1.807, 2.05) is 18.2 Å². The maximum absolute atomic E-state index is 10.7. The molecular weight excluding hydrogens is 180 g/mol. The number of rotatable bonds is 3. The Hall–Kier alpha value is -1.84. The minimum atomic E-state index is 0.439. The first kappa shape index (κ1) is 10.2. The van der Waals surface area contributed by atoms with E-state index in [0.29, 0.717) is 11.5 Å². The van der Waals surface area contributed by atoms with Crippen molar-refractivity contribution in [2.75, 3.05) is 12.0 Å². The zero-order chi connectivity index (χ0) is 10.4. The smallest absolute Gasteiger partial charge is 0.322 e. The molecule has 0 saturated carbocycles. The third-order valence-corrected chi connectivity index (χ3v) is 1.65. The normalized spacial score (nSPS) is 10.9. The Morgan fingerprint density at radius 1 is 1.43 bits per heavy atom. The van der Waals surface area contributed by atoms with Crippen LogP contribution in [0.1, 0.15) is 6.92 Å². The lowest BCUT2D eigenvalue weighted by molar-refractivity contribution is 0.213. The maximum Gasteiger partial charge on any atom is 0.322 e. The van der Waals surface area contributed by atoms with Gasteiger partial charge < -0.3 is 4.84 Å². The first-order chi connectivity index (χ1) is 6.79. The van der Waals surface area contributed by atoms with Gasteiger partial charge in [-0.1, -0.05) is 23.4 Å². The molecule has 4 heteroatoms. The average Bonchev–Trinajstić information content (AvgIpc) is 2.21. The van der Waals surface area contributed by atoms with Crippen molar-refractivity contribution in [2.24, 2.45) is 5.16 Å². The van der Waals surface area contributed by atoms with E-state index in [1.54, 1.807) is 25.5 Å². The van der Waals surface area contributed by atoms with E-state index in [-0.39, 0.29) is 0 Å². The average molecular weight is 191 g/mol. The van der Waals surface area contributed by atoms with Crippen molar-refractivity contribution in [3.05, 3.63) is 30.3 Å². The van der Waals surface area contributed by atoms with Crippen molar-refractivity contribution in [3.63, 3.8) is 0 Å². The second kappa shape index (κ2) is 5.01. The van der Waals surface area contributed by atoms with Gasteiger partial charge in [0.25, 0.3) is 0 Å². The number of hydrogen-bond donors (Lipinski definition) is 0. The van der Waals surface area contributed by atoms with Crippen molar-refractivity contribution < 1.29 is 9.63 Å². The van der Waals surface area contributed by atoms with Gasteiger partial charge in [-0.15, -0.1) is 0 Å². The van der Waals surface area contributed by atoms with Crippen LogP contribution >= 0.6 is 0 Å². The summed E-state index contributed by atoms with van der Waals surface area (Å²) >= 11 is 0. The zero-order valence-corrected chi connectivity index (χ0v) is 8.10. The highest BCUT2D eigenvalue weighted by molar-refractivity contribution is 6.08. The Kier molecular flexibility index (Phi) is 3.67. The largest absolute Gasteiger partial charge is 0.398 e. The standard InChI is InChI=1S/C10H11N2O2/c1-9(11-14-2)12(8-13)10-6-4-3-5-7-10/h3-7H,1-2H3/b11-9+. The lowest BCUT2D eigenvalue weighted by atomic mass is 10.3. The van der Waals surface area contributed by atoms with Crippen molar-refractivity contribution in [1.82, 2.24) is 0 Å². The van der Waals surface area contributed by atoms with Crippen LogP contribution < -0.4 is 4.90 Å². The van der Waals surface area contributed by atoms with Crippen molar-refractivity contribution >= 4 is 17.9 Å². The van der Waals surface area contributed by atoms with Gasteiger partial charge in [0.2, 0.25) is 0 Å². The first-order valence-electron chi connectivity index (χ1n) is 4.10. The molecule has 0 bridgehead atoms. The summed E-state index contributed by atoms with van der Waals surface area (Å²) in [7, 11) is 1.43. The predicted molar refractivity (Wildman–Crippen MR) is 54.7 cm³/mol. The molecule has 1 aromatic carbocycles. The fraction of sp³-hybridized carbons (Fsp3) is 0.200. The minimum Gasteiger partial charge on any atom is -0.398 e. The zero-order valence-electron chi connectivity index (χ0n) is 8.10. The van der Waals surface area contributed by atoms with Crippen LogP contribution in [-0.2, 0) is 9.63 Å². The van der Waals surface area contributed by atoms with Gasteiger partial charge in [0.05, 0.1) is 5.69 Å². The number of anilines is 1. The molecule has 14 heavy (non-hydrogen) atoms. The lowest BCUT2D eigenvalue weighted by Gasteiger charge is -2.14. The topological polar surface area (TPSA) is 41.9 Å². The number of amides is 1. The summed E-state index contributed by atoms with van der Waals surface area (Å²) in [4.78, 5) is 16.5. The summed E-state index contributed by atoms with van der Waals surface area (Å²) < 4.78 is 0. The van der Waals surface area contributed by atoms with Gasteiger partial charge in [-0.2, -0.15) is 0 Å². The van der Waals surface area contributed by atoms with Gasteiger partial charge in [-0.3, -0.25) is 9.69 Å². The van der Waals surface area contributed by atoms with E-state index in [9.17, 15) is 4.79 Å². The van der Waals surface area contributed by atoms with Gasteiger partial charge in [-0.25, -0.2) is 0 Å². The summed E-state index contributed by atoms with van der Waals surface area (Å²) in [6.45, 7) is 1.67. The third kappa shape index (κ3) is 2.32. The monoisotopic (exact) mass is 191 g/mol. The molecule has 1 rings (SSSR count). The van der Waals surface area contributed by atoms with Crippen molar-refractivity contribution in [3.8, 4) is 0 Å². The van der Waals surface area contributed by atoms with Gasteiger partial charge >= 0.3 is 6.41 Å². The predicted octanol–water partition coefficient (Wildman–Crippen LogP) is 1.54. The quantitative estimate of drug-likeness (QED) is 0.315. The van der Waals surface area contributed by atoms with Crippen LogP contribution in [0.5, 0.6) is 0 Å². The highest BCUT2D eigenvalue weighted by Gasteiger charge is 2.09. The molecule has 0 saturated heterocycles. The molecule has 1 radical (unpaired) electrons. The molecule has 73 valence electrons. The van der Waals surface area contributed by atoms with Gasteiger partial charge in [0.15, 0.2) is 5.84 Å². The van der Waals surface area contributed by atoms with Crippen LogP contribution in [0.3, 0.4) is 0 Å². The third-order valence-electron chi connectivity index (χ3n) is 1.65. The summed E-state index contributed by atoms with van der Waals surface area (Å²) in [6, 6.07) is 9.12. The fourth-order valence-corrected chi connectivity index (χ4v) is 1.06. The highest BCUT2D eigenvalue weighted by atomic mass is 16.6. The van der Waals surface area contributed by atoms with Crippen LogP contribution in [-0.4, -0.2) is 19.4 Å². The van der Waals surface area contributed by atoms with Crippen LogP contribution in [0.2, 0.25) is 0 Å². The summed E-state index contributed by atoms with van der Waals surface area (Å²) in [6.07, 6.45) is 1.78. The second-order valence-electron chi connectivity index (χ2n) is 2.58. The molecule has 0 aliphatic carbocycles. The molecule has 0 spiro atoms. The molecule has 0 heterocycles. The van der Waals surface area contributed by atoms with Crippen LogP contribution in [0.15, 0.2) is 35.5 Å². The molecule has 0 aromatic heterocycles. The molecule has 0 atom stereocenters. The summed E-state index contributed by atoms with van der Waals surface area (Å²) in [5.41, 5.74) is 0.709. The van der Waals surface area contributed by atoms with E-state index in [1.165, 1.54) is 12.0 Å². The second-order valence-corrected chi connectivity index (χ2v) is 2.58. The number of oxime groups is 1. The maximum atomic E-state index is 10.7. The number of para-hydroxylation sites is 1. The Balaban J connectivity index is 2.93. The molecule has 0 fully saturated rings. The van der Waals surface area contributed by atoms with E-state index in [0.717, 1.165) is 0 Å². The van der Waals surface area contributed by atoms with Crippen LogP contribution in [0.25, 0.3) is 0 Å². The fourth-order valence-electron chi connectivity index (χ4n) is 1.06. The first-order valence-corrected chi connectivity index (χ1v) is 4.10. The van der Waals surface area contributed by atoms with Crippen LogP contribution in [0.4, 0.5) is 5.69 Å². The number of carbonyl (C=O) groups excluding carboxylic acids is 1. The molecule has 1 amide bonds. The highest BCUT2D eigenvalue weighted by Crippen LogP contribution is 2.11. The van der Waals surface area contributed by atoms with Crippen molar-refractivity contribution in [2.45, 2.75) is 6.92 Å². The number of amidine groups is 1. The number of hydrogen-bond acceptors (Lipinski definition) is 3. The number of benzene rings is 1. The van der Waals surface area contributed by atoms with E-state index in [4.69, 9.17) is 0 Å². The van der Waals surface area contributed by atoms with E-state index >= 15 is 0 Å². The lowest BCUT2D eigenvalue weighted by Crippen LogP contribution is -2.26. The van der Waals surface area contributed by atoms with Crippen LogP contribution in [0, 0.1) is 0 Å². The van der Waals surface area contributed by atoms with Crippen molar-refractivity contribution in [1.29, 1.82) is 0 Å². The summed E-state index contributed by atoms with van der Waals surface area (Å²) in [5.74, 6) is 0.439. The molecule has 0 aliphatic heterocycles. The van der Waals surface area contributed by atoms with Gasteiger partial charge in [0, 0.05) is 0 Å². The minimum absolute atomic E-state index is 0.439. The molecule has 4 nitrogen and oxygen atoms in total. The Morgan fingerprint density at radius 3 is 2.57 bits per heavy atom. The Bertz CT molecular complexity index is 322. The molecule has 0 aliphatic rings. The molecular formula is C10H11N2O2. The van der Waals surface area contributed by atoms with E-state index < -0.39 is 0 Å². The van der Waals surface area contributed by atoms with Gasteiger partial charge in [0.1, 0.15) is 7.11 Å². The van der Waals surface area contributed by atoms with Gasteiger partial charge in [-0.05, 0) is 19.1 Å². The molecule has 1 aromatic rings. The number of nitrogens with zero attached hydrogens (tertiary/aromatic N) is 2.